The lowest BCUT2D eigenvalue weighted by atomic mass is 10.1. The summed E-state index contributed by atoms with van der Waals surface area (Å²) in [4.78, 5) is 18.0. The van der Waals surface area contributed by atoms with E-state index in [0.29, 0.717) is 19.5 Å². The molecule has 5 nitrogen and oxygen atoms in total. The maximum absolute atomic E-state index is 12.1. The molecule has 1 fully saturated rings. The number of carbonyl (C=O) groups excluding carboxylic acids is 1. The number of aryl methyl sites for hydroxylation is 2. The predicted octanol–water partition coefficient (Wildman–Crippen LogP) is 0.498. The Morgan fingerprint density at radius 3 is 2.26 bits per heavy atom. The third kappa shape index (κ3) is 3.76. The number of hydrogen-bond donors (Lipinski definition) is 0. The molecule has 2 rings (SSSR count). The highest BCUT2D eigenvalue weighted by Gasteiger charge is 2.24. The van der Waals surface area contributed by atoms with E-state index >= 15 is 0 Å². The fourth-order valence-electron chi connectivity index (χ4n) is 2.27. The van der Waals surface area contributed by atoms with Gasteiger partial charge in [0.25, 0.3) is 0 Å². The minimum Gasteiger partial charge on any atom is -0.340 e. The number of aromatic nitrogens is 1. The van der Waals surface area contributed by atoms with Crippen LogP contribution in [0.5, 0.6) is 0 Å². The molecule has 0 atom stereocenters. The molecule has 0 spiro atoms. The van der Waals surface area contributed by atoms with Crippen molar-refractivity contribution in [3.63, 3.8) is 0 Å². The van der Waals surface area contributed by atoms with E-state index in [1.807, 2.05) is 26.0 Å². The summed E-state index contributed by atoms with van der Waals surface area (Å²) in [5.74, 6) is 0.139. The molecule has 1 aliphatic heterocycles. The van der Waals surface area contributed by atoms with Gasteiger partial charge in [0.15, 0.2) is 9.84 Å². The van der Waals surface area contributed by atoms with E-state index in [2.05, 4.69) is 4.98 Å². The third-order valence-corrected chi connectivity index (χ3v) is 4.80. The van der Waals surface area contributed by atoms with Crippen LogP contribution in [0.2, 0.25) is 0 Å². The number of rotatable bonds is 2. The molecule has 0 N–H and O–H groups in total. The van der Waals surface area contributed by atoms with E-state index in [1.165, 1.54) is 0 Å². The van der Waals surface area contributed by atoms with Gasteiger partial charge in [-0.2, -0.15) is 0 Å². The molecule has 0 aliphatic carbocycles. The highest BCUT2D eigenvalue weighted by atomic mass is 32.2. The van der Waals surface area contributed by atoms with Crippen LogP contribution in [0.25, 0.3) is 0 Å². The number of carbonyl (C=O) groups is 1. The van der Waals surface area contributed by atoms with E-state index in [1.54, 1.807) is 4.90 Å². The zero-order chi connectivity index (χ0) is 14.0. The molecule has 2 heterocycles. The van der Waals surface area contributed by atoms with Gasteiger partial charge in [-0.05, 0) is 31.5 Å². The molecule has 1 saturated heterocycles. The largest absolute Gasteiger partial charge is 0.340 e. The standard InChI is InChI=1S/C13H18N2O3S/c1-10-7-12(8-11(2)14-10)9-13(16)15-3-5-19(17,18)6-4-15/h7-8H,3-6,9H2,1-2H3. The normalized spacial score (nSPS) is 18.3. The van der Waals surface area contributed by atoms with Gasteiger partial charge in [0.1, 0.15) is 0 Å². The number of hydrogen-bond acceptors (Lipinski definition) is 4. The predicted molar refractivity (Wildman–Crippen MR) is 72.6 cm³/mol. The SMILES string of the molecule is Cc1cc(CC(=O)N2CCS(=O)(=O)CC2)cc(C)n1. The zero-order valence-electron chi connectivity index (χ0n) is 11.2. The minimum atomic E-state index is -2.94. The molecular formula is C13H18N2O3S. The van der Waals surface area contributed by atoms with Gasteiger partial charge < -0.3 is 4.90 Å². The number of pyridine rings is 1. The van der Waals surface area contributed by atoms with Crippen LogP contribution in [0.4, 0.5) is 0 Å². The maximum Gasteiger partial charge on any atom is 0.227 e. The molecule has 0 saturated carbocycles. The molecule has 1 aliphatic rings. The summed E-state index contributed by atoms with van der Waals surface area (Å²) in [5, 5.41) is 0. The summed E-state index contributed by atoms with van der Waals surface area (Å²) in [7, 11) is -2.94. The molecular weight excluding hydrogens is 264 g/mol. The van der Waals surface area contributed by atoms with Gasteiger partial charge in [-0.3, -0.25) is 9.78 Å². The van der Waals surface area contributed by atoms with Crippen LogP contribution < -0.4 is 0 Å². The fraction of sp³-hybridized carbons (Fsp3) is 0.538. The van der Waals surface area contributed by atoms with Crippen LogP contribution in [0.15, 0.2) is 12.1 Å². The van der Waals surface area contributed by atoms with Gasteiger partial charge in [0.2, 0.25) is 5.91 Å². The molecule has 1 amide bonds. The average Bonchev–Trinajstić information content (AvgIpc) is 2.26. The second-order valence-corrected chi connectivity index (χ2v) is 7.27. The van der Waals surface area contributed by atoms with Crippen molar-refractivity contribution in [2.24, 2.45) is 0 Å². The van der Waals surface area contributed by atoms with Crippen LogP contribution in [0.1, 0.15) is 17.0 Å². The van der Waals surface area contributed by atoms with Crippen molar-refractivity contribution in [2.75, 3.05) is 24.6 Å². The molecule has 0 bridgehead atoms. The molecule has 1 aromatic rings. The summed E-state index contributed by atoms with van der Waals surface area (Å²) in [6.07, 6.45) is 0.310. The van der Waals surface area contributed by atoms with Crippen molar-refractivity contribution < 1.29 is 13.2 Å². The fourth-order valence-corrected chi connectivity index (χ4v) is 3.47. The third-order valence-electron chi connectivity index (χ3n) is 3.19. The van der Waals surface area contributed by atoms with Crippen LogP contribution in [0, 0.1) is 13.8 Å². The first kappa shape index (κ1) is 14.0. The van der Waals surface area contributed by atoms with Crippen molar-refractivity contribution in [3.8, 4) is 0 Å². The Kier molecular flexibility index (Phi) is 3.89. The maximum atomic E-state index is 12.1. The lowest BCUT2D eigenvalue weighted by Crippen LogP contribution is -2.44. The van der Waals surface area contributed by atoms with Gasteiger partial charge in [-0.25, -0.2) is 8.42 Å². The summed E-state index contributed by atoms with van der Waals surface area (Å²) < 4.78 is 22.6. The molecule has 1 aromatic heterocycles. The number of nitrogens with zero attached hydrogens (tertiary/aromatic N) is 2. The first-order valence-corrected chi connectivity index (χ1v) is 8.10. The Morgan fingerprint density at radius 1 is 1.21 bits per heavy atom. The highest BCUT2D eigenvalue weighted by Crippen LogP contribution is 2.10. The Labute approximate surface area is 113 Å². The first-order chi connectivity index (χ1) is 8.85. The van der Waals surface area contributed by atoms with E-state index in [4.69, 9.17) is 0 Å². The molecule has 104 valence electrons. The molecule has 0 radical (unpaired) electrons. The van der Waals surface area contributed by atoms with Gasteiger partial charge >= 0.3 is 0 Å². The van der Waals surface area contributed by atoms with Gasteiger partial charge in [-0.15, -0.1) is 0 Å². The average molecular weight is 282 g/mol. The van der Waals surface area contributed by atoms with Crippen molar-refractivity contribution in [3.05, 3.63) is 29.1 Å². The second-order valence-electron chi connectivity index (χ2n) is 4.97. The molecule has 0 unspecified atom stereocenters. The van der Waals surface area contributed by atoms with E-state index in [0.717, 1.165) is 17.0 Å². The second kappa shape index (κ2) is 5.28. The quantitative estimate of drug-likeness (QED) is 0.792. The Balaban J connectivity index is 2.01. The minimum absolute atomic E-state index is 0.0140. The number of amides is 1. The molecule has 6 heteroatoms. The van der Waals surface area contributed by atoms with E-state index in [-0.39, 0.29) is 17.4 Å². The lowest BCUT2D eigenvalue weighted by Gasteiger charge is -2.26. The smallest absolute Gasteiger partial charge is 0.227 e. The summed E-state index contributed by atoms with van der Waals surface area (Å²) in [5.41, 5.74) is 2.72. The summed E-state index contributed by atoms with van der Waals surface area (Å²) in [6, 6.07) is 3.79. The highest BCUT2D eigenvalue weighted by molar-refractivity contribution is 7.91. The Morgan fingerprint density at radius 2 is 1.74 bits per heavy atom. The summed E-state index contributed by atoms with van der Waals surface area (Å²) in [6.45, 7) is 4.41. The van der Waals surface area contributed by atoms with Crippen molar-refractivity contribution in [1.29, 1.82) is 0 Å². The van der Waals surface area contributed by atoms with Crippen molar-refractivity contribution in [2.45, 2.75) is 20.3 Å². The first-order valence-electron chi connectivity index (χ1n) is 6.28. The molecule has 0 aromatic carbocycles. The van der Waals surface area contributed by atoms with Gasteiger partial charge in [0, 0.05) is 24.5 Å². The summed E-state index contributed by atoms with van der Waals surface area (Å²) >= 11 is 0. The van der Waals surface area contributed by atoms with Crippen LogP contribution in [-0.2, 0) is 21.1 Å². The van der Waals surface area contributed by atoms with Crippen LogP contribution >= 0.6 is 0 Å². The topological polar surface area (TPSA) is 67.3 Å². The van der Waals surface area contributed by atoms with Gasteiger partial charge in [-0.1, -0.05) is 0 Å². The lowest BCUT2D eigenvalue weighted by molar-refractivity contribution is -0.130. The molecule has 19 heavy (non-hydrogen) atoms. The number of sulfone groups is 1. The van der Waals surface area contributed by atoms with Crippen molar-refractivity contribution >= 4 is 15.7 Å². The van der Waals surface area contributed by atoms with Crippen LogP contribution in [-0.4, -0.2) is 48.8 Å². The van der Waals surface area contributed by atoms with Crippen LogP contribution in [0.3, 0.4) is 0 Å². The van der Waals surface area contributed by atoms with E-state index < -0.39 is 9.84 Å². The monoisotopic (exact) mass is 282 g/mol. The Bertz CT molecular complexity index is 562. The van der Waals surface area contributed by atoms with Gasteiger partial charge in [0.05, 0.1) is 17.9 Å². The Hall–Kier alpha value is -1.43. The van der Waals surface area contributed by atoms with E-state index in [9.17, 15) is 13.2 Å². The zero-order valence-corrected chi connectivity index (χ0v) is 12.0. The van der Waals surface area contributed by atoms with Crippen molar-refractivity contribution in [1.82, 2.24) is 9.88 Å².